The summed E-state index contributed by atoms with van der Waals surface area (Å²) in [5.74, 6) is 0.310. The SMILES string of the molecule is CCNC1CCCc2nc(COCC(F)(F)F)ncc21. The van der Waals surface area contributed by atoms with Crippen molar-refractivity contribution in [1.82, 2.24) is 15.3 Å². The molecule has 2 rings (SSSR count). The predicted octanol–water partition coefficient (Wildman–Crippen LogP) is 2.54. The molecule has 0 aliphatic heterocycles. The third kappa shape index (κ3) is 4.14. The highest BCUT2D eigenvalue weighted by atomic mass is 19.4. The zero-order valence-electron chi connectivity index (χ0n) is 11.3. The number of alkyl halides is 3. The average Bonchev–Trinajstić information content (AvgIpc) is 2.37. The maximum absolute atomic E-state index is 12.0. The third-order valence-corrected chi connectivity index (χ3v) is 3.18. The van der Waals surface area contributed by atoms with Gasteiger partial charge in [0.1, 0.15) is 13.2 Å². The molecular weight excluding hydrogens is 271 g/mol. The topological polar surface area (TPSA) is 47.0 Å². The zero-order valence-corrected chi connectivity index (χ0v) is 11.3. The van der Waals surface area contributed by atoms with E-state index in [-0.39, 0.29) is 12.6 Å². The highest BCUT2D eigenvalue weighted by Gasteiger charge is 2.27. The standard InChI is InChI=1S/C13H18F3N3O/c1-2-17-10-4-3-5-11-9(10)6-18-12(19-11)7-20-8-13(14,15)16/h6,10,17H,2-5,7-8H2,1H3. The van der Waals surface area contributed by atoms with Crippen molar-refractivity contribution in [2.24, 2.45) is 0 Å². The first-order valence-electron chi connectivity index (χ1n) is 6.72. The van der Waals surface area contributed by atoms with Crippen molar-refractivity contribution < 1.29 is 17.9 Å². The number of nitrogens with zero attached hydrogens (tertiary/aromatic N) is 2. The summed E-state index contributed by atoms with van der Waals surface area (Å²) in [6.45, 7) is 1.42. The molecule has 1 atom stereocenters. The van der Waals surface area contributed by atoms with Gasteiger partial charge in [-0.05, 0) is 25.8 Å². The molecule has 1 aliphatic rings. The number of hydrogen-bond donors (Lipinski definition) is 1. The van der Waals surface area contributed by atoms with Crippen molar-refractivity contribution in [2.75, 3.05) is 13.2 Å². The Morgan fingerprint density at radius 3 is 2.95 bits per heavy atom. The van der Waals surface area contributed by atoms with E-state index in [1.165, 1.54) is 0 Å². The molecule has 0 amide bonds. The van der Waals surface area contributed by atoms with Crippen LogP contribution in [0.1, 0.15) is 42.9 Å². The van der Waals surface area contributed by atoms with Gasteiger partial charge in [-0.2, -0.15) is 13.2 Å². The van der Waals surface area contributed by atoms with E-state index in [9.17, 15) is 13.2 Å². The molecule has 1 heterocycles. The number of hydrogen-bond acceptors (Lipinski definition) is 4. The van der Waals surface area contributed by atoms with Crippen LogP contribution in [0.25, 0.3) is 0 Å². The summed E-state index contributed by atoms with van der Waals surface area (Å²) in [5, 5.41) is 3.36. The molecule has 0 bridgehead atoms. The second-order valence-corrected chi connectivity index (χ2v) is 4.80. The van der Waals surface area contributed by atoms with E-state index in [0.29, 0.717) is 5.82 Å². The van der Waals surface area contributed by atoms with Gasteiger partial charge in [-0.25, -0.2) is 9.97 Å². The van der Waals surface area contributed by atoms with E-state index in [0.717, 1.165) is 37.1 Å². The van der Waals surface area contributed by atoms with E-state index in [1.54, 1.807) is 6.20 Å². The van der Waals surface area contributed by atoms with Gasteiger partial charge in [-0.1, -0.05) is 6.92 Å². The van der Waals surface area contributed by atoms with Gasteiger partial charge in [-0.15, -0.1) is 0 Å². The van der Waals surface area contributed by atoms with Crippen molar-refractivity contribution in [3.05, 3.63) is 23.3 Å². The van der Waals surface area contributed by atoms with Gasteiger partial charge in [0.15, 0.2) is 5.82 Å². The van der Waals surface area contributed by atoms with Gasteiger partial charge in [-0.3, -0.25) is 0 Å². The lowest BCUT2D eigenvalue weighted by molar-refractivity contribution is -0.177. The van der Waals surface area contributed by atoms with Gasteiger partial charge in [0.05, 0.1) is 0 Å². The fourth-order valence-electron chi connectivity index (χ4n) is 2.37. The van der Waals surface area contributed by atoms with E-state index in [2.05, 4.69) is 20.0 Å². The Morgan fingerprint density at radius 2 is 2.25 bits per heavy atom. The first-order chi connectivity index (χ1) is 9.49. The monoisotopic (exact) mass is 289 g/mol. The highest BCUT2D eigenvalue weighted by molar-refractivity contribution is 5.24. The minimum atomic E-state index is -4.32. The molecule has 1 aliphatic carbocycles. The second-order valence-electron chi connectivity index (χ2n) is 4.80. The van der Waals surface area contributed by atoms with E-state index < -0.39 is 12.8 Å². The van der Waals surface area contributed by atoms with Gasteiger partial charge in [0.2, 0.25) is 0 Å². The molecule has 20 heavy (non-hydrogen) atoms. The van der Waals surface area contributed by atoms with Crippen molar-refractivity contribution in [1.29, 1.82) is 0 Å². The summed E-state index contributed by atoms with van der Waals surface area (Å²) >= 11 is 0. The maximum atomic E-state index is 12.0. The molecule has 0 saturated heterocycles. The predicted molar refractivity (Wildman–Crippen MR) is 67.1 cm³/mol. The molecule has 0 fully saturated rings. The van der Waals surface area contributed by atoms with Crippen LogP contribution in [-0.4, -0.2) is 29.3 Å². The number of aromatic nitrogens is 2. The molecule has 7 heteroatoms. The Hall–Kier alpha value is -1.21. The Labute approximate surface area is 115 Å². The number of aryl methyl sites for hydroxylation is 1. The lowest BCUT2D eigenvalue weighted by Crippen LogP contribution is -2.26. The minimum Gasteiger partial charge on any atom is -0.364 e. The van der Waals surface area contributed by atoms with E-state index in [4.69, 9.17) is 0 Å². The Balaban J connectivity index is 2.00. The summed E-state index contributed by atoms with van der Waals surface area (Å²) in [5.41, 5.74) is 1.97. The summed E-state index contributed by atoms with van der Waals surface area (Å²) in [6.07, 6.45) is 0.288. The molecule has 0 aromatic carbocycles. The number of rotatable bonds is 5. The van der Waals surface area contributed by atoms with Gasteiger partial charge < -0.3 is 10.1 Å². The van der Waals surface area contributed by atoms with Crippen LogP contribution in [0, 0.1) is 0 Å². The van der Waals surface area contributed by atoms with Crippen LogP contribution in [0.4, 0.5) is 13.2 Å². The van der Waals surface area contributed by atoms with Crippen LogP contribution in [0.5, 0.6) is 0 Å². The molecule has 112 valence electrons. The minimum absolute atomic E-state index is 0.210. The number of halogens is 3. The Morgan fingerprint density at radius 1 is 1.45 bits per heavy atom. The van der Waals surface area contributed by atoms with Crippen LogP contribution >= 0.6 is 0 Å². The smallest absolute Gasteiger partial charge is 0.364 e. The lowest BCUT2D eigenvalue weighted by Gasteiger charge is -2.25. The number of fused-ring (bicyclic) bond motifs is 1. The molecule has 0 radical (unpaired) electrons. The molecule has 0 saturated carbocycles. The van der Waals surface area contributed by atoms with Crippen LogP contribution < -0.4 is 5.32 Å². The van der Waals surface area contributed by atoms with Gasteiger partial charge in [0, 0.05) is 23.5 Å². The van der Waals surface area contributed by atoms with Crippen LogP contribution in [0.3, 0.4) is 0 Å². The molecule has 0 spiro atoms. The number of ether oxygens (including phenoxy) is 1. The normalized spacial score (nSPS) is 18.9. The van der Waals surface area contributed by atoms with Crippen LogP contribution in [0.2, 0.25) is 0 Å². The summed E-state index contributed by atoms with van der Waals surface area (Å²) in [7, 11) is 0. The fraction of sp³-hybridized carbons (Fsp3) is 0.692. The van der Waals surface area contributed by atoms with Crippen LogP contribution in [0.15, 0.2) is 6.20 Å². The molecule has 1 N–H and O–H groups in total. The van der Waals surface area contributed by atoms with Gasteiger partial charge in [0.25, 0.3) is 0 Å². The molecule has 1 aromatic rings. The van der Waals surface area contributed by atoms with Crippen LogP contribution in [-0.2, 0) is 17.8 Å². The Bertz CT molecular complexity index is 451. The largest absolute Gasteiger partial charge is 0.411 e. The van der Waals surface area contributed by atoms with E-state index in [1.807, 2.05) is 6.92 Å². The van der Waals surface area contributed by atoms with E-state index >= 15 is 0 Å². The summed E-state index contributed by atoms with van der Waals surface area (Å²) in [6, 6.07) is 0.244. The third-order valence-electron chi connectivity index (χ3n) is 3.18. The fourth-order valence-corrected chi connectivity index (χ4v) is 2.37. The average molecular weight is 289 g/mol. The quantitative estimate of drug-likeness (QED) is 0.905. The first-order valence-corrected chi connectivity index (χ1v) is 6.72. The summed E-state index contributed by atoms with van der Waals surface area (Å²) < 4.78 is 40.6. The van der Waals surface area contributed by atoms with Crippen molar-refractivity contribution >= 4 is 0 Å². The first kappa shape index (κ1) is 15.2. The van der Waals surface area contributed by atoms with Crippen molar-refractivity contribution in [3.63, 3.8) is 0 Å². The maximum Gasteiger partial charge on any atom is 0.411 e. The Kier molecular flexibility index (Phi) is 4.93. The lowest BCUT2D eigenvalue weighted by atomic mass is 9.92. The van der Waals surface area contributed by atoms with Crippen molar-refractivity contribution in [3.8, 4) is 0 Å². The summed E-state index contributed by atoms with van der Waals surface area (Å²) in [4.78, 5) is 8.42. The molecule has 1 unspecified atom stereocenters. The zero-order chi connectivity index (χ0) is 14.6. The highest BCUT2D eigenvalue weighted by Crippen LogP contribution is 2.27. The number of nitrogens with one attached hydrogen (secondary N) is 1. The second kappa shape index (κ2) is 6.49. The molecule has 4 nitrogen and oxygen atoms in total. The van der Waals surface area contributed by atoms with Gasteiger partial charge >= 0.3 is 6.18 Å². The molecule has 1 aromatic heterocycles. The van der Waals surface area contributed by atoms with Crippen molar-refractivity contribution in [2.45, 2.75) is 45.0 Å². The molecular formula is C13H18F3N3O.